The summed E-state index contributed by atoms with van der Waals surface area (Å²) >= 11 is 0. The van der Waals surface area contributed by atoms with Gasteiger partial charge in [0.1, 0.15) is 0 Å². The molecule has 128 valence electrons. The Balaban J connectivity index is 1.55. The number of hydrogen-bond donors (Lipinski definition) is 1. The van der Waals surface area contributed by atoms with E-state index >= 15 is 0 Å². The summed E-state index contributed by atoms with van der Waals surface area (Å²) in [5.41, 5.74) is 2.80. The number of aryl methyl sites for hydroxylation is 1. The van der Waals surface area contributed by atoms with Gasteiger partial charge in [0.25, 0.3) is 0 Å². The van der Waals surface area contributed by atoms with Crippen LogP contribution in [0, 0.1) is 12.3 Å². The Labute approximate surface area is 142 Å². The van der Waals surface area contributed by atoms with Crippen LogP contribution in [0.5, 0.6) is 0 Å². The van der Waals surface area contributed by atoms with Gasteiger partial charge >= 0.3 is 0 Å². The van der Waals surface area contributed by atoms with Crippen molar-refractivity contribution in [1.82, 2.24) is 9.97 Å². The minimum atomic E-state index is -0.222. The van der Waals surface area contributed by atoms with Gasteiger partial charge in [0.05, 0.1) is 28.9 Å². The number of nitrogens with zero attached hydrogens (tertiary/aromatic N) is 3. The van der Waals surface area contributed by atoms with Crippen LogP contribution in [0.15, 0.2) is 24.3 Å². The third-order valence-corrected chi connectivity index (χ3v) is 5.82. The number of aliphatic hydroxyl groups excluding tert-OH is 1. The lowest BCUT2D eigenvalue weighted by Crippen LogP contribution is -2.62. The second kappa shape index (κ2) is 5.97. The zero-order valence-electron chi connectivity index (χ0n) is 14.4. The van der Waals surface area contributed by atoms with Gasteiger partial charge in [0.2, 0.25) is 0 Å². The Kier molecular flexibility index (Phi) is 3.93. The summed E-state index contributed by atoms with van der Waals surface area (Å²) in [4.78, 5) is 11.9. The van der Waals surface area contributed by atoms with Crippen LogP contribution in [0.1, 0.15) is 31.9 Å². The van der Waals surface area contributed by atoms with E-state index in [4.69, 9.17) is 14.7 Å². The summed E-state index contributed by atoms with van der Waals surface area (Å²) < 4.78 is 5.86. The molecule has 1 N–H and O–H groups in total. The summed E-state index contributed by atoms with van der Waals surface area (Å²) in [5.74, 6) is 0.977. The monoisotopic (exact) mass is 327 g/mol. The van der Waals surface area contributed by atoms with Crippen molar-refractivity contribution in [2.45, 2.75) is 45.3 Å². The van der Waals surface area contributed by atoms with E-state index in [2.05, 4.69) is 4.90 Å². The zero-order valence-corrected chi connectivity index (χ0v) is 14.4. The number of para-hydroxylation sites is 2. The number of aliphatic hydroxyl groups is 1. The number of hydrogen-bond acceptors (Lipinski definition) is 5. The molecule has 2 heterocycles. The molecule has 2 atom stereocenters. The molecule has 24 heavy (non-hydrogen) atoms. The second-order valence-corrected chi connectivity index (χ2v) is 7.04. The molecule has 4 rings (SSSR count). The van der Waals surface area contributed by atoms with Gasteiger partial charge in [0.15, 0.2) is 5.82 Å². The first kappa shape index (κ1) is 15.8. The maximum atomic E-state index is 10.3. The normalized spacial score (nSPS) is 25.9. The topological polar surface area (TPSA) is 58.5 Å². The van der Waals surface area contributed by atoms with E-state index in [0.717, 1.165) is 61.5 Å². The van der Waals surface area contributed by atoms with E-state index in [-0.39, 0.29) is 17.6 Å². The van der Waals surface area contributed by atoms with Crippen molar-refractivity contribution in [2.24, 2.45) is 5.41 Å². The smallest absolute Gasteiger partial charge is 0.150 e. The first-order valence-electron chi connectivity index (χ1n) is 8.92. The highest BCUT2D eigenvalue weighted by Gasteiger charge is 2.56. The molecule has 2 aliphatic rings. The summed E-state index contributed by atoms with van der Waals surface area (Å²) in [6.07, 6.45) is 2.67. The molecule has 0 bridgehead atoms. The molecular weight excluding hydrogens is 302 g/mol. The number of ether oxygens (including phenoxy) is 1. The lowest BCUT2D eigenvalue weighted by Gasteiger charge is -2.56. The van der Waals surface area contributed by atoms with E-state index in [1.165, 1.54) is 0 Å². The fourth-order valence-electron chi connectivity index (χ4n) is 4.33. The third-order valence-electron chi connectivity index (χ3n) is 5.82. The average Bonchev–Trinajstić information content (AvgIpc) is 2.61. The van der Waals surface area contributed by atoms with Crippen molar-refractivity contribution >= 4 is 16.9 Å². The number of piperidine rings is 1. The Morgan fingerprint density at radius 3 is 2.50 bits per heavy atom. The Bertz CT molecular complexity index is 738. The molecular formula is C19H25N3O2. The lowest BCUT2D eigenvalue weighted by molar-refractivity contribution is -0.199. The van der Waals surface area contributed by atoms with Crippen LogP contribution in [-0.4, -0.2) is 47.0 Å². The van der Waals surface area contributed by atoms with Crippen molar-refractivity contribution in [2.75, 3.05) is 24.6 Å². The standard InChI is InChI=1S/C19H25N3O2/c1-3-24-17-12-16(23)19(17)8-10-22(11-9-19)18-13(2)20-14-6-4-5-7-15(14)21-18/h4-7,16-17,23H,3,8-12H2,1-2H3/t16-,17-/m0/s1. The Morgan fingerprint density at radius 1 is 1.21 bits per heavy atom. The maximum absolute atomic E-state index is 10.3. The summed E-state index contributed by atoms with van der Waals surface area (Å²) in [6.45, 7) is 6.57. The SMILES string of the molecule is CCO[C@H]1C[C@H](O)C12CCN(c1nc3ccccc3nc1C)CC2. The predicted molar refractivity (Wildman–Crippen MR) is 94.2 cm³/mol. The van der Waals surface area contributed by atoms with E-state index in [1.54, 1.807) is 0 Å². The zero-order chi connectivity index (χ0) is 16.7. The first-order valence-corrected chi connectivity index (χ1v) is 8.92. The highest BCUT2D eigenvalue weighted by atomic mass is 16.5. The molecule has 0 radical (unpaired) electrons. The Morgan fingerprint density at radius 2 is 1.88 bits per heavy atom. The maximum Gasteiger partial charge on any atom is 0.150 e. The van der Waals surface area contributed by atoms with Crippen LogP contribution in [0.3, 0.4) is 0 Å². The molecule has 1 aliphatic carbocycles. The van der Waals surface area contributed by atoms with Gasteiger partial charge in [-0.25, -0.2) is 9.97 Å². The van der Waals surface area contributed by atoms with Gasteiger partial charge in [-0.1, -0.05) is 12.1 Å². The highest BCUT2D eigenvalue weighted by Crippen LogP contribution is 2.51. The lowest BCUT2D eigenvalue weighted by atomic mass is 9.58. The molecule has 1 saturated heterocycles. The van der Waals surface area contributed by atoms with Gasteiger partial charge in [0, 0.05) is 31.5 Å². The molecule has 5 nitrogen and oxygen atoms in total. The Hall–Kier alpha value is -1.72. The fraction of sp³-hybridized carbons (Fsp3) is 0.579. The van der Waals surface area contributed by atoms with Crippen molar-refractivity contribution in [3.63, 3.8) is 0 Å². The van der Waals surface area contributed by atoms with Crippen molar-refractivity contribution in [3.8, 4) is 0 Å². The fourth-order valence-corrected chi connectivity index (χ4v) is 4.33. The molecule has 0 amide bonds. The van der Waals surface area contributed by atoms with E-state index in [9.17, 15) is 5.11 Å². The average molecular weight is 327 g/mol. The molecule has 2 aromatic rings. The van der Waals surface area contributed by atoms with Gasteiger partial charge in [-0.2, -0.15) is 0 Å². The van der Waals surface area contributed by atoms with Crippen molar-refractivity contribution in [1.29, 1.82) is 0 Å². The molecule has 5 heteroatoms. The quantitative estimate of drug-likeness (QED) is 0.939. The minimum absolute atomic E-state index is 0.0509. The number of anilines is 1. The van der Waals surface area contributed by atoms with Crippen molar-refractivity contribution in [3.05, 3.63) is 30.0 Å². The number of aromatic nitrogens is 2. The minimum Gasteiger partial charge on any atom is -0.392 e. The van der Waals surface area contributed by atoms with Crippen LogP contribution in [0.25, 0.3) is 11.0 Å². The number of fused-ring (bicyclic) bond motifs is 1. The predicted octanol–water partition coefficient (Wildman–Crippen LogP) is 2.69. The molecule has 1 aromatic carbocycles. The van der Waals surface area contributed by atoms with Gasteiger partial charge < -0.3 is 14.7 Å². The van der Waals surface area contributed by atoms with Gasteiger partial charge in [-0.3, -0.25) is 0 Å². The molecule has 2 fully saturated rings. The summed E-state index contributed by atoms with van der Waals surface area (Å²) in [5, 5.41) is 10.3. The van der Waals surface area contributed by atoms with Crippen LogP contribution in [-0.2, 0) is 4.74 Å². The number of rotatable bonds is 3. The van der Waals surface area contributed by atoms with E-state index in [1.807, 2.05) is 38.1 Å². The molecule has 0 unspecified atom stereocenters. The van der Waals surface area contributed by atoms with Crippen LogP contribution < -0.4 is 4.90 Å². The third kappa shape index (κ3) is 2.38. The van der Waals surface area contributed by atoms with Gasteiger partial charge in [-0.05, 0) is 38.8 Å². The second-order valence-electron chi connectivity index (χ2n) is 7.04. The highest BCUT2D eigenvalue weighted by molar-refractivity contribution is 5.76. The molecule has 1 aliphatic heterocycles. The van der Waals surface area contributed by atoms with E-state index < -0.39 is 0 Å². The molecule has 1 spiro atoms. The van der Waals surface area contributed by atoms with Gasteiger partial charge in [-0.15, -0.1) is 0 Å². The van der Waals surface area contributed by atoms with Crippen LogP contribution in [0.4, 0.5) is 5.82 Å². The molecule has 1 aromatic heterocycles. The van der Waals surface area contributed by atoms with Crippen molar-refractivity contribution < 1.29 is 9.84 Å². The number of benzene rings is 1. The first-order chi connectivity index (χ1) is 11.6. The summed E-state index contributed by atoms with van der Waals surface area (Å²) in [6, 6.07) is 8.00. The summed E-state index contributed by atoms with van der Waals surface area (Å²) in [7, 11) is 0. The van der Waals surface area contributed by atoms with Crippen LogP contribution in [0.2, 0.25) is 0 Å². The largest absolute Gasteiger partial charge is 0.392 e. The molecule has 1 saturated carbocycles. The van der Waals surface area contributed by atoms with E-state index in [0.29, 0.717) is 0 Å². The van der Waals surface area contributed by atoms with Crippen LogP contribution >= 0.6 is 0 Å².